The second kappa shape index (κ2) is 10.8. The fourth-order valence-electron chi connectivity index (χ4n) is 5.16. The maximum Gasteiger partial charge on any atom is 0.254 e. The lowest BCUT2D eigenvalue weighted by Crippen LogP contribution is -2.47. The molecule has 2 heterocycles. The lowest BCUT2D eigenvalue weighted by Gasteiger charge is -2.43. The molecule has 5 atom stereocenters. The molecular weight excluding hydrogens is 472 g/mol. The topological polar surface area (TPSA) is 79.2 Å². The predicted octanol–water partition coefficient (Wildman–Crippen LogP) is 4.96. The Hall–Kier alpha value is -1.83. The van der Waals surface area contributed by atoms with E-state index in [0.29, 0.717) is 54.9 Å². The number of rotatable bonds is 3. The van der Waals surface area contributed by atoms with Crippen molar-refractivity contribution >= 4 is 33.8 Å². The quantitative estimate of drug-likeness (QED) is 0.357. The zero-order chi connectivity index (χ0) is 24.3. The lowest BCUT2D eigenvalue weighted by molar-refractivity contribution is 0.0452. The number of aliphatic hydroxyl groups is 1. The first-order valence-corrected chi connectivity index (χ1v) is 13.8. The molecule has 0 unspecified atom stereocenters. The maximum atomic E-state index is 12.9. The van der Waals surface area contributed by atoms with Gasteiger partial charge in [0.05, 0.1) is 18.4 Å². The summed E-state index contributed by atoms with van der Waals surface area (Å²) < 4.78 is 22.7. The molecule has 34 heavy (non-hydrogen) atoms. The van der Waals surface area contributed by atoms with Crippen LogP contribution in [0.1, 0.15) is 43.0 Å². The van der Waals surface area contributed by atoms with Crippen molar-refractivity contribution < 1.29 is 18.8 Å². The number of halogens is 1. The summed E-state index contributed by atoms with van der Waals surface area (Å²) in [4.78, 5) is 15.1. The van der Waals surface area contributed by atoms with Crippen LogP contribution in [0.2, 0.25) is 0 Å². The van der Waals surface area contributed by atoms with Gasteiger partial charge in [0.2, 0.25) is 0 Å². The molecule has 1 N–H and O–H groups in total. The number of anilines is 1. The van der Waals surface area contributed by atoms with E-state index in [4.69, 9.17) is 16.3 Å². The number of benzene rings is 1. The average molecular weight is 506 g/mol. The molecule has 1 amide bonds. The van der Waals surface area contributed by atoms with Crippen LogP contribution >= 0.6 is 11.6 Å². The first-order valence-electron chi connectivity index (χ1n) is 12.0. The predicted molar refractivity (Wildman–Crippen MR) is 137 cm³/mol. The summed E-state index contributed by atoms with van der Waals surface area (Å²) in [6.07, 6.45) is 8.64. The summed E-state index contributed by atoms with van der Waals surface area (Å²) in [7, 11) is -1.61. The lowest BCUT2D eigenvalue weighted by atomic mass is 9.70. The van der Waals surface area contributed by atoms with Gasteiger partial charge < -0.3 is 23.3 Å². The van der Waals surface area contributed by atoms with Gasteiger partial charge in [-0.2, -0.15) is 10.6 Å². The van der Waals surface area contributed by atoms with Gasteiger partial charge in [-0.25, -0.2) is 0 Å². The standard InChI is InChI=1S/C26H34ClN2O4S/c1-3-11-26(15-27)16-29-13-20-7-9-21(20)23(30)6-4-5-18(2)14-34(32)28-25(31)19-8-10-24(33-17-26)22(29)12-19/h3-4,6,8,10,12,18,20-21,23,30H,1,5,7,9,11,13-17H2,2H3/q-1/b6-4+/t18-,20-,21+,23-,26+/m0/s1. The van der Waals surface area contributed by atoms with E-state index in [1.165, 1.54) is 0 Å². The van der Waals surface area contributed by atoms with Crippen molar-refractivity contribution in [1.82, 2.24) is 0 Å². The third-order valence-corrected chi connectivity index (χ3v) is 9.11. The van der Waals surface area contributed by atoms with Crippen molar-refractivity contribution in [1.29, 1.82) is 0 Å². The summed E-state index contributed by atoms with van der Waals surface area (Å²) in [5.41, 5.74) is 0.902. The Morgan fingerprint density at radius 3 is 2.94 bits per heavy atom. The molecule has 1 aromatic rings. The minimum Gasteiger partial charge on any atom is -0.491 e. The van der Waals surface area contributed by atoms with Gasteiger partial charge in [-0.05, 0) is 55.7 Å². The third-order valence-electron chi connectivity index (χ3n) is 7.32. The van der Waals surface area contributed by atoms with Gasteiger partial charge in [0.15, 0.2) is 0 Å². The Balaban J connectivity index is 1.76. The Morgan fingerprint density at radius 2 is 2.24 bits per heavy atom. The number of alkyl halides is 1. The van der Waals surface area contributed by atoms with Crippen LogP contribution in [-0.4, -0.2) is 48.4 Å². The number of allylic oxidation sites excluding steroid dienone is 2. The van der Waals surface area contributed by atoms with Gasteiger partial charge in [0.1, 0.15) is 5.75 Å². The molecule has 1 aromatic carbocycles. The summed E-state index contributed by atoms with van der Waals surface area (Å²) in [6.45, 7) is 7.74. The van der Waals surface area contributed by atoms with Crippen molar-refractivity contribution in [2.45, 2.75) is 38.7 Å². The van der Waals surface area contributed by atoms with E-state index in [0.717, 1.165) is 25.1 Å². The second-order valence-corrected chi connectivity index (χ2v) is 11.5. The van der Waals surface area contributed by atoms with Crippen LogP contribution in [0.15, 0.2) is 47.4 Å². The molecular formula is C26H34ClN2O4S-. The molecule has 2 bridgehead atoms. The highest BCUT2D eigenvalue weighted by Gasteiger charge is 2.40. The highest BCUT2D eigenvalue weighted by Crippen LogP contribution is 2.43. The van der Waals surface area contributed by atoms with E-state index < -0.39 is 22.6 Å². The molecule has 2 aliphatic heterocycles. The molecule has 186 valence electrons. The number of amides is 1. The number of hydrogen-bond acceptors (Lipinski definition) is 6. The van der Waals surface area contributed by atoms with Crippen molar-refractivity contribution in [3.63, 3.8) is 0 Å². The fraction of sp³-hybridized carbons (Fsp3) is 0.577. The van der Waals surface area contributed by atoms with Crippen LogP contribution in [-0.2, 0) is 14.8 Å². The van der Waals surface area contributed by atoms with E-state index in [1.807, 2.05) is 25.2 Å². The Morgan fingerprint density at radius 1 is 1.41 bits per heavy atom. The third kappa shape index (κ3) is 5.52. The van der Waals surface area contributed by atoms with Crippen LogP contribution in [0.4, 0.5) is 5.69 Å². The average Bonchev–Trinajstić information content (AvgIpc) is 2.93. The molecule has 1 fully saturated rings. The number of hydrogen-bond donors (Lipinski definition) is 1. The fourth-order valence-corrected chi connectivity index (χ4v) is 6.41. The maximum absolute atomic E-state index is 12.9. The van der Waals surface area contributed by atoms with Crippen molar-refractivity contribution in [3.05, 3.63) is 48.6 Å². The van der Waals surface area contributed by atoms with Gasteiger partial charge in [-0.15, -0.1) is 18.2 Å². The van der Waals surface area contributed by atoms with Crippen molar-refractivity contribution in [3.8, 4) is 5.75 Å². The molecule has 1 aliphatic carbocycles. The zero-order valence-electron chi connectivity index (χ0n) is 19.7. The van der Waals surface area contributed by atoms with Gasteiger partial charge in [0, 0.05) is 29.9 Å². The van der Waals surface area contributed by atoms with Crippen LogP contribution in [0, 0.1) is 23.2 Å². The second-order valence-electron chi connectivity index (χ2n) is 10.1. The number of carbonyl (C=O) groups excluding carboxylic acids is 1. The van der Waals surface area contributed by atoms with Gasteiger partial charge in [-0.3, -0.25) is 4.79 Å². The summed E-state index contributed by atoms with van der Waals surface area (Å²) >= 11 is 6.47. The first kappa shape index (κ1) is 25.3. The molecule has 8 heteroatoms. The van der Waals surface area contributed by atoms with Gasteiger partial charge >= 0.3 is 0 Å². The Labute approximate surface area is 209 Å². The van der Waals surface area contributed by atoms with Gasteiger partial charge in [-0.1, -0.05) is 36.8 Å². The smallest absolute Gasteiger partial charge is 0.254 e. The summed E-state index contributed by atoms with van der Waals surface area (Å²) in [6, 6.07) is 5.29. The van der Waals surface area contributed by atoms with Crippen LogP contribution in [0.5, 0.6) is 5.75 Å². The van der Waals surface area contributed by atoms with Crippen LogP contribution < -0.4 is 9.64 Å². The highest BCUT2D eigenvalue weighted by atomic mass is 35.5. The molecule has 0 radical (unpaired) electrons. The van der Waals surface area contributed by atoms with E-state index in [-0.39, 0.29) is 17.3 Å². The van der Waals surface area contributed by atoms with Crippen molar-refractivity contribution in [2.75, 3.05) is 36.2 Å². The van der Waals surface area contributed by atoms with Crippen LogP contribution in [0.25, 0.3) is 0 Å². The number of aliphatic hydroxyl groups excluding tert-OH is 1. The SMILES string of the molecule is C=CC[C@]1(CCl)COc2ccc3cc2N(C[C@@H]2CC[C@H]2[C@@H](O)/C=C/C[C@H](C)C[S-](=O)=NC3=O)C1. The number of fused-ring (bicyclic) bond motifs is 2. The summed E-state index contributed by atoms with van der Waals surface area (Å²) in [5.74, 6) is 1.54. The largest absolute Gasteiger partial charge is 0.491 e. The summed E-state index contributed by atoms with van der Waals surface area (Å²) in [5, 5.41) is 10.8. The molecule has 0 spiro atoms. The number of carbonyl (C=O) groups is 1. The Bertz CT molecular complexity index is 1040. The van der Waals surface area contributed by atoms with Gasteiger partial charge in [0.25, 0.3) is 5.91 Å². The van der Waals surface area contributed by atoms with E-state index in [1.54, 1.807) is 18.2 Å². The minimum atomic E-state index is -1.61. The van der Waals surface area contributed by atoms with E-state index in [9.17, 15) is 14.1 Å². The minimum absolute atomic E-state index is 0.0930. The van der Waals surface area contributed by atoms with E-state index >= 15 is 0 Å². The van der Waals surface area contributed by atoms with Crippen LogP contribution in [0.3, 0.4) is 0 Å². The molecule has 0 aromatic heterocycles. The monoisotopic (exact) mass is 505 g/mol. The Kier molecular flexibility index (Phi) is 8.05. The highest BCUT2D eigenvalue weighted by molar-refractivity contribution is 7.75. The molecule has 3 aliphatic rings. The zero-order valence-corrected chi connectivity index (χ0v) is 21.3. The number of ether oxygens (including phenoxy) is 1. The molecule has 0 saturated heterocycles. The van der Waals surface area contributed by atoms with E-state index in [2.05, 4.69) is 15.8 Å². The molecule has 1 saturated carbocycles. The molecule has 6 nitrogen and oxygen atoms in total. The first-order chi connectivity index (χ1) is 16.3. The normalized spacial score (nSPS) is 33.5. The molecule has 4 rings (SSSR count). The van der Waals surface area contributed by atoms with Crippen molar-refractivity contribution in [2.24, 2.45) is 27.5 Å². The number of nitrogens with zero attached hydrogens (tertiary/aromatic N) is 2.